The standard InChI is InChI=1S/C17H23ClN4OS/c1-4-5-8-20-16-15(11(2)21-17(19)22-16)24-14-9-12(10-18)6-7-13(14)23-3/h6-7,9H,4-5,8,10H2,1-3H3,(H3,19,20,21,22). The van der Waals surface area contributed by atoms with Crippen molar-refractivity contribution in [3.8, 4) is 5.75 Å². The lowest BCUT2D eigenvalue weighted by atomic mass is 10.2. The highest BCUT2D eigenvalue weighted by Crippen LogP contribution is 2.40. The third-order valence-electron chi connectivity index (χ3n) is 3.47. The first-order valence-corrected chi connectivity index (χ1v) is 9.22. The number of nitrogens with two attached hydrogens (primary N) is 1. The van der Waals surface area contributed by atoms with Crippen LogP contribution in [0.5, 0.6) is 5.75 Å². The summed E-state index contributed by atoms with van der Waals surface area (Å²) in [4.78, 5) is 10.6. The molecule has 0 atom stereocenters. The number of anilines is 2. The Morgan fingerprint density at radius 3 is 2.79 bits per heavy atom. The maximum Gasteiger partial charge on any atom is 0.222 e. The fourth-order valence-electron chi connectivity index (χ4n) is 2.20. The minimum absolute atomic E-state index is 0.275. The first-order valence-electron chi connectivity index (χ1n) is 7.87. The molecule has 0 saturated heterocycles. The molecule has 1 heterocycles. The normalized spacial score (nSPS) is 10.7. The number of nitrogens with zero attached hydrogens (tertiary/aromatic N) is 2. The molecule has 0 amide bonds. The maximum absolute atomic E-state index is 5.96. The number of methoxy groups -OCH3 is 1. The minimum Gasteiger partial charge on any atom is -0.496 e. The molecule has 0 aliphatic heterocycles. The molecule has 130 valence electrons. The van der Waals surface area contributed by atoms with Gasteiger partial charge in [-0.3, -0.25) is 0 Å². The molecule has 0 radical (unpaired) electrons. The molecule has 1 aromatic carbocycles. The van der Waals surface area contributed by atoms with Crippen LogP contribution in [-0.2, 0) is 5.88 Å². The zero-order valence-corrected chi connectivity index (χ0v) is 15.8. The van der Waals surface area contributed by atoms with E-state index in [1.807, 2.05) is 25.1 Å². The number of nitrogen functional groups attached to an aromatic ring is 1. The fourth-order valence-corrected chi connectivity index (χ4v) is 3.46. The number of hydrogen-bond acceptors (Lipinski definition) is 6. The van der Waals surface area contributed by atoms with E-state index in [0.29, 0.717) is 5.88 Å². The van der Waals surface area contributed by atoms with Gasteiger partial charge in [0.1, 0.15) is 11.6 Å². The van der Waals surface area contributed by atoms with Crippen molar-refractivity contribution in [1.82, 2.24) is 9.97 Å². The lowest BCUT2D eigenvalue weighted by Crippen LogP contribution is -2.08. The van der Waals surface area contributed by atoms with Crippen molar-refractivity contribution in [3.05, 3.63) is 29.5 Å². The van der Waals surface area contributed by atoms with Gasteiger partial charge in [0.25, 0.3) is 0 Å². The number of hydrogen-bond donors (Lipinski definition) is 2. The van der Waals surface area contributed by atoms with E-state index in [2.05, 4.69) is 22.2 Å². The fraction of sp³-hybridized carbons (Fsp3) is 0.412. The molecule has 0 bridgehead atoms. The Hall–Kier alpha value is -1.66. The molecule has 0 fully saturated rings. The van der Waals surface area contributed by atoms with Crippen molar-refractivity contribution in [3.63, 3.8) is 0 Å². The Bertz CT molecular complexity index is 697. The van der Waals surface area contributed by atoms with Gasteiger partial charge in [-0.1, -0.05) is 31.2 Å². The summed E-state index contributed by atoms with van der Waals surface area (Å²) in [5.74, 6) is 2.29. The van der Waals surface area contributed by atoms with Gasteiger partial charge in [-0.25, -0.2) is 4.98 Å². The molecule has 0 spiro atoms. The molecular formula is C17H23ClN4OS. The predicted octanol–water partition coefficient (Wildman–Crippen LogP) is 4.48. The molecule has 0 aliphatic rings. The summed E-state index contributed by atoms with van der Waals surface area (Å²) in [5.41, 5.74) is 7.69. The Balaban J connectivity index is 2.37. The van der Waals surface area contributed by atoms with E-state index < -0.39 is 0 Å². The molecule has 24 heavy (non-hydrogen) atoms. The van der Waals surface area contributed by atoms with Gasteiger partial charge in [-0.2, -0.15) is 4.98 Å². The number of halogens is 1. The summed E-state index contributed by atoms with van der Waals surface area (Å²) >= 11 is 7.52. The summed E-state index contributed by atoms with van der Waals surface area (Å²) in [6, 6.07) is 5.92. The molecule has 2 aromatic rings. The van der Waals surface area contributed by atoms with Gasteiger partial charge in [-0.15, -0.1) is 11.6 Å². The highest BCUT2D eigenvalue weighted by atomic mass is 35.5. The van der Waals surface area contributed by atoms with Crippen LogP contribution in [0.4, 0.5) is 11.8 Å². The van der Waals surface area contributed by atoms with E-state index in [-0.39, 0.29) is 5.95 Å². The van der Waals surface area contributed by atoms with Crippen molar-refractivity contribution >= 4 is 35.1 Å². The van der Waals surface area contributed by atoms with E-state index in [0.717, 1.165) is 52.0 Å². The average molecular weight is 367 g/mol. The number of aryl methyl sites for hydroxylation is 1. The number of alkyl halides is 1. The Kier molecular flexibility index (Phi) is 6.99. The Morgan fingerprint density at radius 1 is 1.33 bits per heavy atom. The van der Waals surface area contributed by atoms with Crippen LogP contribution in [-0.4, -0.2) is 23.6 Å². The number of rotatable bonds is 8. The first kappa shape index (κ1) is 18.7. The highest BCUT2D eigenvalue weighted by molar-refractivity contribution is 7.99. The zero-order chi connectivity index (χ0) is 17.5. The van der Waals surface area contributed by atoms with E-state index in [4.69, 9.17) is 22.1 Å². The van der Waals surface area contributed by atoms with Crippen LogP contribution in [0.25, 0.3) is 0 Å². The molecule has 5 nitrogen and oxygen atoms in total. The molecular weight excluding hydrogens is 344 g/mol. The van der Waals surface area contributed by atoms with E-state index in [1.165, 1.54) is 0 Å². The second kappa shape index (κ2) is 8.99. The maximum atomic E-state index is 5.96. The number of aromatic nitrogens is 2. The summed E-state index contributed by atoms with van der Waals surface area (Å²) in [5, 5.41) is 3.36. The van der Waals surface area contributed by atoms with E-state index in [9.17, 15) is 0 Å². The van der Waals surface area contributed by atoms with Gasteiger partial charge in [0, 0.05) is 12.4 Å². The van der Waals surface area contributed by atoms with Crippen molar-refractivity contribution in [2.24, 2.45) is 0 Å². The highest BCUT2D eigenvalue weighted by Gasteiger charge is 2.15. The second-order valence-electron chi connectivity index (χ2n) is 5.35. The summed E-state index contributed by atoms with van der Waals surface area (Å²) in [6.45, 7) is 4.93. The topological polar surface area (TPSA) is 73.1 Å². The molecule has 0 aliphatic carbocycles. The van der Waals surface area contributed by atoms with Gasteiger partial charge in [0.05, 0.1) is 22.6 Å². The quantitative estimate of drug-likeness (QED) is 0.530. The number of unbranched alkanes of at least 4 members (excludes halogenated alkanes) is 1. The van der Waals surface area contributed by atoms with Gasteiger partial charge in [-0.05, 0) is 31.0 Å². The van der Waals surface area contributed by atoms with Crippen molar-refractivity contribution in [2.75, 3.05) is 24.7 Å². The van der Waals surface area contributed by atoms with Crippen LogP contribution < -0.4 is 15.8 Å². The van der Waals surface area contributed by atoms with Crippen LogP contribution in [0.1, 0.15) is 31.0 Å². The van der Waals surface area contributed by atoms with Crippen molar-refractivity contribution in [1.29, 1.82) is 0 Å². The smallest absolute Gasteiger partial charge is 0.222 e. The summed E-state index contributed by atoms with van der Waals surface area (Å²) < 4.78 is 5.47. The van der Waals surface area contributed by atoms with Crippen LogP contribution in [0, 0.1) is 6.92 Å². The van der Waals surface area contributed by atoms with Crippen molar-refractivity contribution < 1.29 is 4.74 Å². The number of nitrogens with one attached hydrogen (secondary N) is 1. The van der Waals surface area contributed by atoms with E-state index >= 15 is 0 Å². The second-order valence-corrected chi connectivity index (χ2v) is 6.67. The lowest BCUT2D eigenvalue weighted by Gasteiger charge is -2.15. The third kappa shape index (κ3) is 4.68. The van der Waals surface area contributed by atoms with Crippen LogP contribution >= 0.6 is 23.4 Å². The van der Waals surface area contributed by atoms with Crippen LogP contribution in [0.3, 0.4) is 0 Å². The monoisotopic (exact) mass is 366 g/mol. The lowest BCUT2D eigenvalue weighted by molar-refractivity contribution is 0.404. The van der Waals surface area contributed by atoms with Crippen LogP contribution in [0.2, 0.25) is 0 Å². The van der Waals surface area contributed by atoms with E-state index in [1.54, 1.807) is 18.9 Å². The van der Waals surface area contributed by atoms with Crippen molar-refractivity contribution in [2.45, 2.75) is 42.4 Å². The van der Waals surface area contributed by atoms with Gasteiger partial charge >= 0.3 is 0 Å². The molecule has 0 unspecified atom stereocenters. The molecule has 1 aromatic heterocycles. The molecule has 3 N–H and O–H groups in total. The summed E-state index contributed by atoms with van der Waals surface area (Å²) in [7, 11) is 1.66. The molecule has 0 saturated carbocycles. The number of ether oxygens (including phenoxy) is 1. The molecule has 7 heteroatoms. The van der Waals surface area contributed by atoms with Gasteiger partial charge < -0.3 is 15.8 Å². The van der Waals surface area contributed by atoms with Gasteiger partial charge in [0.2, 0.25) is 5.95 Å². The zero-order valence-electron chi connectivity index (χ0n) is 14.2. The minimum atomic E-state index is 0.275. The average Bonchev–Trinajstić information content (AvgIpc) is 2.57. The third-order valence-corrected chi connectivity index (χ3v) is 5.01. The van der Waals surface area contributed by atoms with Crippen LogP contribution in [0.15, 0.2) is 28.0 Å². The Morgan fingerprint density at radius 2 is 2.12 bits per heavy atom. The summed E-state index contributed by atoms with van der Waals surface area (Å²) in [6.07, 6.45) is 2.18. The predicted molar refractivity (Wildman–Crippen MR) is 101 cm³/mol. The SMILES string of the molecule is CCCCNc1nc(N)nc(C)c1Sc1cc(CCl)ccc1OC. The van der Waals surface area contributed by atoms with Gasteiger partial charge in [0.15, 0.2) is 0 Å². The first-order chi connectivity index (χ1) is 11.6. The number of benzene rings is 1. The largest absolute Gasteiger partial charge is 0.496 e. The molecule has 2 rings (SSSR count). The Labute approximate surface area is 152 Å².